The van der Waals surface area contributed by atoms with Crippen LogP contribution in [0.15, 0.2) is 11.8 Å². The van der Waals surface area contributed by atoms with Crippen LogP contribution in [0.4, 0.5) is 0 Å². The maximum absolute atomic E-state index is 9.61. The van der Waals surface area contributed by atoms with Gasteiger partial charge < -0.3 is 19.3 Å². The van der Waals surface area contributed by atoms with Gasteiger partial charge in [-0.1, -0.05) is 0 Å². The van der Waals surface area contributed by atoms with Crippen LogP contribution in [-0.2, 0) is 14.2 Å². The van der Waals surface area contributed by atoms with Gasteiger partial charge in [0.05, 0.1) is 26.4 Å². The minimum atomic E-state index is -0.632. The zero-order valence-electron chi connectivity index (χ0n) is 8.57. The summed E-state index contributed by atoms with van der Waals surface area (Å²) in [7, 11) is 1.62. The largest absolute Gasteiger partial charge is 0.495 e. The Morgan fingerprint density at radius 2 is 2.43 bits per heavy atom. The minimum absolute atomic E-state index is 0.273. The zero-order valence-corrected chi connectivity index (χ0v) is 8.57. The lowest BCUT2D eigenvalue weighted by molar-refractivity contribution is 0.000266. The van der Waals surface area contributed by atoms with Crippen molar-refractivity contribution in [2.24, 2.45) is 0 Å². The predicted octanol–water partition coefficient (Wildman–Crippen LogP) is 0.705. The summed E-state index contributed by atoms with van der Waals surface area (Å²) in [5.74, 6) is 0.647. The summed E-state index contributed by atoms with van der Waals surface area (Å²) in [5.41, 5.74) is 0. The average Bonchev–Trinajstić information content (AvgIpc) is 2.25. The summed E-state index contributed by atoms with van der Waals surface area (Å²) in [5, 5.41) is 9.61. The van der Waals surface area contributed by atoms with E-state index in [0.717, 1.165) is 12.8 Å². The molecule has 0 saturated heterocycles. The first-order valence-electron chi connectivity index (χ1n) is 4.92. The monoisotopic (exact) mass is 202 g/mol. The Bertz CT molecular complexity index is 179. The third-order valence-electron chi connectivity index (χ3n) is 2.00. The minimum Gasteiger partial charge on any atom is -0.495 e. The van der Waals surface area contributed by atoms with Crippen molar-refractivity contribution < 1.29 is 19.3 Å². The summed E-state index contributed by atoms with van der Waals surface area (Å²) in [6, 6.07) is 0. The molecule has 14 heavy (non-hydrogen) atoms. The third kappa shape index (κ3) is 4.09. The average molecular weight is 202 g/mol. The Kier molecular flexibility index (Phi) is 5.59. The van der Waals surface area contributed by atoms with Crippen molar-refractivity contribution in [3.05, 3.63) is 11.8 Å². The van der Waals surface area contributed by atoms with Crippen molar-refractivity contribution in [2.45, 2.75) is 18.9 Å². The number of hydrogen-bond acceptors (Lipinski definition) is 4. The van der Waals surface area contributed by atoms with Gasteiger partial charge in [-0.25, -0.2) is 0 Å². The SMILES string of the molecule is COCCOCC(O)C1=CCCCO1. The fourth-order valence-electron chi connectivity index (χ4n) is 1.23. The molecule has 0 aliphatic carbocycles. The topological polar surface area (TPSA) is 47.9 Å². The first-order chi connectivity index (χ1) is 6.84. The highest BCUT2D eigenvalue weighted by atomic mass is 16.5. The van der Waals surface area contributed by atoms with Gasteiger partial charge in [-0.2, -0.15) is 0 Å². The van der Waals surface area contributed by atoms with E-state index in [1.165, 1.54) is 0 Å². The fraction of sp³-hybridized carbons (Fsp3) is 0.800. The van der Waals surface area contributed by atoms with E-state index in [4.69, 9.17) is 14.2 Å². The summed E-state index contributed by atoms with van der Waals surface area (Å²) in [4.78, 5) is 0. The summed E-state index contributed by atoms with van der Waals surface area (Å²) < 4.78 is 15.3. The smallest absolute Gasteiger partial charge is 0.134 e. The molecule has 1 N–H and O–H groups in total. The molecule has 4 nitrogen and oxygen atoms in total. The molecule has 0 aromatic carbocycles. The van der Waals surface area contributed by atoms with E-state index in [-0.39, 0.29) is 6.61 Å². The van der Waals surface area contributed by atoms with E-state index < -0.39 is 6.10 Å². The molecule has 1 aliphatic rings. The molecule has 1 unspecified atom stereocenters. The van der Waals surface area contributed by atoms with Crippen LogP contribution in [0, 0.1) is 0 Å². The molecule has 1 atom stereocenters. The van der Waals surface area contributed by atoms with E-state index in [2.05, 4.69) is 0 Å². The lowest BCUT2D eigenvalue weighted by atomic mass is 10.2. The van der Waals surface area contributed by atoms with Gasteiger partial charge in [-0.15, -0.1) is 0 Å². The molecule has 0 spiro atoms. The van der Waals surface area contributed by atoms with Crippen LogP contribution in [0.1, 0.15) is 12.8 Å². The van der Waals surface area contributed by atoms with Gasteiger partial charge >= 0.3 is 0 Å². The number of aliphatic hydroxyl groups is 1. The van der Waals surface area contributed by atoms with Crippen molar-refractivity contribution in [1.29, 1.82) is 0 Å². The molecule has 0 amide bonds. The van der Waals surface area contributed by atoms with Gasteiger partial charge in [0.15, 0.2) is 0 Å². The van der Waals surface area contributed by atoms with Gasteiger partial charge in [-0.05, 0) is 18.9 Å². The second-order valence-electron chi connectivity index (χ2n) is 3.18. The van der Waals surface area contributed by atoms with Crippen LogP contribution < -0.4 is 0 Å². The molecule has 1 aliphatic heterocycles. The molecule has 0 bridgehead atoms. The van der Waals surface area contributed by atoms with Gasteiger partial charge in [0.25, 0.3) is 0 Å². The normalized spacial score (nSPS) is 18.6. The molecule has 0 saturated carbocycles. The second kappa shape index (κ2) is 6.81. The van der Waals surface area contributed by atoms with Crippen molar-refractivity contribution in [1.82, 2.24) is 0 Å². The number of aliphatic hydroxyl groups excluding tert-OH is 1. The molecule has 4 heteroatoms. The van der Waals surface area contributed by atoms with Crippen LogP contribution in [0.2, 0.25) is 0 Å². The summed E-state index contributed by atoms with van der Waals surface area (Å²) in [6.07, 6.45) is 3.30. The lowest BCUT2D eigenvalue weighted by Gasteiger charge is -2.19. The van der Waals surface area contributed by atoms with Gasteiger partial charge in [0.1, 0.15) is 11.9 Å². The molecule has 0 aromatic heterocycles. The Morgan fingerprint density at radius 1 is 1.57 bits per heavy atom. The first-order valence-corrected chi connectivity index (χ1v) is 4.92. The molecular formula is C10H18O4. The van der Waals surface area contributed by atoms with Gasteiger partial charge in [0.2, 0.25) is 0 Å². The molecule has 1 rings (SSSR count). The van der Waals surface area contributed by atoms with E-state index in [0.29, 0.717) is 25.6 Å². The molecule has 82 valence electrons. The van der Waals surface area contributed by atoms with Gasteiger partial charge in [0, 0.05) is 7.11 Å². The summed E-state index contributed by atoms with van der Waals surface area (Å²) >= 11 is 0. The fourth-order valence-corrected chi connectivity index (χ4v) is 1.23. The molecule has 0 radical (unpaired) electrons. The van der Waals surface area contributed by atoms with E-state index >= 15 is 0 Å². The zero-order chi connectivity index (χ0) is 10.2. The highest BCUT2D eigenvalue weighted by Gasteiger charge is 2.14. The van der Waals surface area contributed by atoms with Crippen molar-refractivity contribution in [2.75, 3.05) is 33.5 Å². The van der Waals surface area contributed by atoms with Crippen LogP contribution >= 0.6 is 0 Å². The number of methoxy groups -OCH3 is 1. The summed E-state index contributed by atoms with van der Waals surface area (Å²) in [6.45, 7) is 2.02. The van der Waals surface area contributed by atoms with Crippen LogP contribution in [-0.4, -0.2) is 44.7 Å². The highest BCUT2D eigenvalue weighted by molar-refractivity contribution is 5.01. The number of hydrogen-bond donors (Lipinski definition) is 1. The second-order valence-corrected chi connectivity index (χ2v) is 3.18. The van der Waals surface area contributed by atoms with E-state index in [1.807, 2.05) is 6.08 Å². The van der Waals surface area contributed by atoms with Crippen LogP contribution in [0.3, 0.4) is 0 Å². The Morgan fingerprint density at radius 3 is 3.07 bits per heavy atom. The van der Waals surface area contributed by atoms with Crippen LogP contribution in [0.25, 0.3) is 0 Å². The molecule has 1 heterocycles. The number of ether oxygens (including phenoxy) is 3. The van der Waals surface area contributed by atoms with Crippen molar-refractivity contribution >= 4 is 0 Å². The Labute approximate surface area is 84.5 Å². The molecule has 0 aromatic rings. The van der Waals surface area contributed by atoms with Crippen LogP contribution in [0.5, 0.6) is 0 Å². The van der Waals surface area contributed by atoms with Crippen molar-refractivity contribution in [3.8, 4) is 0 Å². The molecular weight excluding hydrogens is 184 g/mol. The van der Waals surface area contributed by atoms with E-state index in [1.54, 1.807) is 7.11 Å². The maximum atomic E-state index is 9.61. The maximum Gasteiger partial charge on any atom is 0.134 e. The van der Waals surface area contributed by atoms with E-state index in [9.17, 15) is 5.11 Å². The number of allylic oxidation sites excluding steroid dienone is 1. The Hall–Kier alpha value is -0.580. The van der Waals surface area contributed by atoms with Gasteiger partial charge in [-0.3, -0.25) is 0 Å². The highest BCUT2D eigenvalue weighted by Crippen LogP contribution is 2.13. The predicted molar refractivity (Wildman–Crippen MR) is 52.0 cm³/mol. The Balaban J connectivity index is 2.13. The standard InChI is InChI=1S/C10H18O4/c1-12-6-7-13-8-9(11)10-4-2-3-5-14-10/h4,9,11H,2-3,5-8H2,1H3. The van der Waals surface area contributed by atoms with Crippen molar-refractivity contribution in [3.63, 3.8) is 0 Å². The third-order valence-corrected chi connectivity index (χ3v) is 2.00. The quantitative estimate of drug-likeness (QED) is 0.644. The lowest BCUT2D eigenvalue weighted by Crippen LogP contribution is -2.22. The number of rotatable bonds is 6. The molecule has 0 fully saturated rings. The first kappa shape index (κ1) is 11.5.